The number of rotatable bonds is 2. The fourth-order valence-corrected chi connectivity index (χ4v) is 1.23. The van der Waals surface area contributed by atoms with Crippen molar-refractivity contribution >= 4 is 34.8 Å². The highest BCUT2D eigenvalue weighted by Crippen LogP contribution is 2.36. The van der Waals surface area contributed by atoms with Crippen molar-refractivity contribution < 1.29 is 4.74 Å². The summed E-state index contributed by atoms with van der Waals surface area (Å²) in [5.41, 5.74) is 1.18. The van der Waals surface area contributed by atoms with Gasteiger partial charge in [0.25, 0.3) is 0 Å². The molecule has 1 aliphatic rings. The number of allylic oxidation sites excluding steroid dienone is 2. The van der Waals surface area contributed by atoms with Crippen molar-refractivity contribution in [3.8, 4) is 0 Å². The Labute approximate surface area is 86.9 Å². The van der Waals surface area contributed by atoms with E-state index >= 15 is 0 Å². The molecule has 68 valence electrons. The minimum Gasteiger partial charge on any atom is -0.446 e. The molecule has 0 aromatic rings. The highest BCUT2D eigenvalue weighted by molar-refractivity contribution is 6.66. The van der Waals surface area contributed by atoms with Crippen LogP contribution in [0.15, 0.2) is 24.0 Å². The van der Waals surface area contributed by atoms with E-state index in [1.54, 1.807) is 6.08 Å². The summed E-state index contributed by atoms with van der Waals surface area (Å²) in [6, 6.07) is 0. The van der Waals surface area contributed by atoms with E-state index < -0.39 is 3.98 Å². The molecule has 1 nitrogen and oxygen atoms in total. The van der Waals surface area contributed by atoms with Crippen LogP contribution in [0.2, 0.25) is 0 Å². The first-order valence-electron chi connectivity index (χ1n) is 3.63. The first-order valence-corrected chi connectivity index (χ1v) is 4.76. The van der Waals surface area contributed by atoms with Crippen LogP contribution < -0.4 is 0 Å². The van der Waals surface area contributed by atoms with Crippen LogP contribution in [0.25, 0.3) is 0 Å². The van der Waals surface area contributed by atoms with E-state index in [0.717, 1.165) is 12.8 Å². The lowest BCUT2D eigenvalue weighted by Gasteiger charge is -2.23. The van der Waals surface area contributed by atoms with E-state index in [2.05, 4.69) is 6.58 Å². The lowest BCUT2D eigenvalue weighted by atomic mass is 9.91. The molecule has 0 aromatic heterocycles. The van der Waals surface area contributed by atoms with Gasteiger partial charge in [-0.1, -0.05) is 6.58 Å². The van der Waals surface area contributed by atoms with Gasteiger partial charge in [0.05, 0.1) is 0 Å². The van der Waals surface area contributed by atoms with Gasteiger partial charge in [-0.15, -0.1) is 0 Å². The van der Waals surface area contributed by atoms with Gasteiger partial charge in [-0.2, -0.15) is 0 Å². The number of alkyl halides is 3. The van der Waals surface area contributed by atoms with E-state index in [-0.39, 0.29) is 0 Å². The van der Waals surface area contributed by atoms with Crippen LogP contribution in [0.5, 0.6) is 0 Å². The van der Waals surface area contributed by atoms with E-state index in [1.165, 1.54) is 12.0 Å². The molecule has 0 radical (unpaired) electrons. The molecule has 1 saturated carbocycles. The van der Waals surface area contributed by atoms with Gasteiger partial charge < -0.3 is 4.74 Å². The Hall–Kier alpha value is 0.150. The average molecular weight is 228 g/mol. The van der Waals surface area contributed by atoms with Crippen molar-refractivity contribution in [3.63, 3.8) is 0 Å². The predicted octanol–water partition coefficient (Wildman–Crippen LogP) is 3.95. The molecule has 0 saturated heterocycles. The summed E-state index contributed by atoms with van der Waals surface area (Å²) in [6.45, 7) is 3.59. The standard InChI is InChI=1S/C8H9Cl3O/c1-2-7(6-4-3-5-6)12-8(9,10)11/h2H,1,3-5H2. The Morgan fingerprint density at radius 1 is 1.42 bits per heavy atom. The van der Waals surface area contributed by atoms with Crippen LogP contribution in [0.4, 0.5) is 0 Å². The number of hydrogen-bond acceptors (Lipinski definition) is 1. The fourth-order valence-electron chi connectivity index (χ4n) is 0.983. The highest BCUT2D eigenvalue weighted by atomic mass is 35.6. The number of hydrogen-bond donors (Lipinski definition) is 0. The average Bonchev–Trinajstić information content (AvgIpc) is 1.79. The van der Waals surface area contributed by atoms with Crippen molar-refractivity contribution in [3.05, 3.63) is 24.0 Å². The summed E-state index contributed by atoms with van der Waals surface area (Å²) in [6.07, 6.45) is 4.79. The van der Waals surface area contributed by atoms with Crippen LogP contribution in [-0.2, 0) is 4.74 Å². The Balaban J connectivity index is 2.63. The van der Waals surface area contributed by atoms with Gasteiger partial charge in [-0.25, -0.2) is 0 Å². The SMILES string of the molecule is C=CC(OC(Cl)(Cl)Cl)=C1CCC1. The minimum atomic E-state index is -1.67. The lowest BCUT2D eigenvalue weighted by Crippen LogP contribution is -2.11. The number of halogens is 3. The summed E-state index contributed by atoms with van der Waals surface area (Å²) >= 11 is 16.4. The van der Waals surface area contributed by atoms with Crippen LogP contribution in [0.3, 0.4) is 0 Å². The molecule has 0 amide bonds. The molecule has 1 fully saturated rings. The molecular formula is C8H9Cl3O. The van der Waals surface area contributed by atoms with Crippen LogP contribution in [0, 0.1) is 0 Å². The quantitative estimate of drug-likeness (QED) is 0.513. The van der Waals surface area contributed by atoms with Crippen molar-refractivity contribution in [1.82, 2.24) is 0 Å². The van der Waals surface area contributed by atoms with Crippen molar-refractivity contribution in [2.75, 3.05) is 0 Å². The molecule has 0 aliphatic heterocycles. The summed E-state index contributed by atoms with van der Waals surface area (Å²) < 4.78 is 3.37. The molecule has 0 heterocycles. The molecular weight excluding hydrogens is 218 g/mol. The molecule has 0 unspecified atom stereocenters. The normalized spacial score (nSPS) is 16.8. The summed E-state index contributed by atoms with van der Waals surface area (Å²) in [7, 11) is 0. The molecule has 0 N–H and O–H groups in total. The van der Waals surface area contributed by atoms with Gasteiger partial charge in [0, 0.05) is 0 Å². The fraction of sp³-hybridized carbons (Fsp3) is 0.500. The monoisotopic (exact) mass is 226 g/mol. The van der Waals surface area contributed by atoms with Gasteiger partial charge in [0.15, 0.2) is 0 Å². The third kappa shape index (κ3) is 2.89. The zero-order valence-electron chi connectivity index (χ0n) is 6.45. The third-order valence-electron chi connectivity index (χ3n) is 1.72. The first kappa shape index (κ1) is 10.2. The van der Waals surface area contributed by atoms with Crippen LogP contribution in [-0.4, -0.2) is 3.98 Å². The van der Waals surface area contributed by atoms with Crippen molar-refractivity contribution in [2.45, 2.75) is 23.2 Å². The Morgan fingerprint density at radius 2 is 2.00 bits per heavy atom. The summed E-state index contributed by atoms with van der Waals surface area (Å²) in [5.74, 6) is 0.612. The maximum atomic E-state index is 5.46. The van der Waals surface area contributed by atoms with Gasteiger partial charge in [0.1, 0.15) is 5.76 Å². The van der Waals surface area contributed by atoms with Gasteiger partial charge in [-0.3, -0.25) is 0 Å². The molecule has 4 heteroatoms. The van der Waals surface area contributed by atoms with Crippen molar-refractivity contribution in [1.29, 1.82) is 0 Å². The van der Waals surface area contributed by atoms with E-state index in [0.29, 0.717) is 5.76 Å². The second-order valence-electron chi connectivity index (χ2n) is 2.57. The van der Waals surface area contributed by atoms with Gasteiger partial charge in [-0.05, 0) is 65.7 Å². The first-order chi connectivity index (χ1) is 5.53. The smallest absolute Gasteiger partial charge is 0.338 e. The Morgan fingerprint density at radius 3 is 2.25 bits per heavy atom. The Bertz CT molecular complexity index is 209. The minimum absolute atomic E-state index is 0.612. The Kier molecular flexibility index (Phi) is 3.33. The largest absolute Gasteiger partial charge is 0.446 e. The summed E-state index contributed by atoms with van der Waals surface area (Å²) in [5, 5.41) is 0. The lowest BCUT2D eigenvalue weighted by molar-refractivity contribution is 0.214. The topological polar surface area (TPSA) is 9.23 Å². The molecule has 0 spiro atoms. The van der Waals surface area contributed by atoms with Gasteiger partial charge >= 0.3 is 3.98 Å². The predicted molar refractivity (Wildman–Crippen MR) is 52.4 cm³/mol. The van der Waals surface area contributed by atoms with Crippen molar-refractivity contribution in [2.24, 2.45) is 0 Å². The molecule has 0 atom stereocenters. The maximum absolute atomic E-state index is 5.46. The zero-order chi connectivity index (χ0) is 9.19. The summed E-state index contributed by atoms with van der Waals surface area (Å²) in [4.78, 5) is 0. The van der Waals surface area contributed by atoms with Gasteiger partial charge in [0.2, 0.25) is 0 Å². The second kappa shape index (κ2) is 3.91. The highest BCUT2D eigenvalue weighted by Gasteiger charge is 2.25. The number of ether oxygens (including phenoxy) is 1. The molecule has 0 bridgehead atoms. The van der Waals surface area contributed by atoms with Crippen LogP contribution >= 0.6 is 34.8 Å². The van der Waals surface area contributed by atoms with E-state index in [4.69, 9.17) is 39.5 Å². The maximum Gasteiger partial charge on any atom is 0.338 e. The third-order valence-corrected chi connectivity index (χ3v) is 1.95. The molecule has 1 rings (SSSR count). The molecule has 0 aromatic carbocycles. The van der Waals surface area contributed by atoms with Crippen LogP contribution in [0.1, 0.15) is 19.3 Å². The molecule has 12 heavy (non-hydrogen) atoms. The second-order valence-corrected chi connectivity index (χ2v) is 4.75. The van der Waals surface area contributed by atoms with E-state index in [1.807, 2.05) is 0 Å². The molecule has 1 aliphatic carbocycles. The van der Waals surface area contributed by atoms with E-state index in [9.17, 15) is 0 Å². The zero-order valence-corrected chi connectivity index (χ0v) is 8.72.